The van der Waals surface area contributed by atoms with Gasteiger partial charge in [0.25, 0.3) is 5.91 Å². The number of nitrogens with zero attached hydrogens (tertiary/aromatic N) is 2. The van der Waals surface area contributed by atoms with Gasteiger partial charge in [0.05, 0.1) is 18.9 Å². The molecule has 0 atom stereocenters. The largest absolute Gasteiger partial charge is 0.378 e. The van der Waals surface area contributed by atoms with Crippen molar-refractivity contribution in [1.82, 2.24) is 9.88 Å². The zero-order valence-corrected chi connectivity index (χ0v) is 16.0. The topological polar surface area (TPSA) is 46.5 Å². The second kappa shape index (κ2) is 8.02. The molecule has 5 nitrogen and oxygen atoms in total. The van der Waals surface area contributed by atoms with Crippen molar-refractivity contribution in [3.8, 4) is 0 Å². The lowest BCUT2D eigenvalue weighted by Crippen LogP contribution is -2.36. The highest BCUT2D eigenvalue weighted by Crippen LogP contribution is 2.22. The number of aryl methyl sites for hydroxylation is 1. The first-order valence-electron chi connectivity index (χ1n) is 9.59. The third-order valence-electron chi connectivity index (χ3n) is 5.20. The average Bonchev–Trinajstić information content (AvgIpc) is 3.04. The molecule has 2 heterocycles. The summed E-state index contributed by atoms with van der Waals surface area (Å²) in [5.41, 5.74) is 3.16. The number of carbonyl (C=O) groups is 1. The number of benzene rings is 2. The Labute approximate surface area is 163 Å². The van der Waals surface area contributed by atoms with Gasteiger partial charge in [0.15, 0.2) is 0 Å². The van der Waals surface area contributed by atoms with E-state index in [0.717, 1.165) is 11.2 Å². The van der Waals surface area contributed by atoms with Gasteiger partial charge in [-0.05, 0) is 42.6 Å². The molecule has 0 saturated carbocycles. The van der Waals surface area contributed by atoms with Crippen LogP contribution in [0.3, 0.4) is 0 Å². The molecule has 0 unspecified atom stereocenters. The van der Waals surface area contributed by atoms with Crippen LogP contribution in [0.2, 0.25) is 0 Å². The van der Waals surface area contributed by atoms with Crippen molar-refractivity contribution in [2.75, 3.05) is 37.7 Å². The van der Waals surface area contributed by atoms with E-state index < -0.39 is 0 Å². The smallest absolute Gasteiger partial charge is 0.251 e. The van der Waals surface area contributed by atoms with E-state index in [1.54, 1.807) is 12.1 Å². The van der Waals surface area contributed by atoms with Gasteiger partial charge < -0.3 is 19.5 Å². The minimum atomic E-state index is -0.373. The fourth-order valence-electron chi connectivity index (χ4n) is 3.74. The normalized spacial score (nSPS) is 14.4. The number of aromatic nitrogens is 1. The van der Waals surface area contributed by atoms with Crippen molar-refractivity contribution in [2.45, 2.75) is 13.5 Å². The molecule has 6 heteroatoms. The molecule has 0 spiro atoms. The van der Waals surface area contributed by atoms with Crippen molar-refractivity contribution < 1.29 is 13.9 Å². The van der Waals surface area contributed by atoms with Gasteiger partial charge in [-0.15, -0.1) is 0 Å². The van der Waals surface area contributed by atoms with Crippen LogP contribution in [0.1, 0.15) is 16.1 Å². The number of hydrogen-bond donors (Lipinski definition) is 1. The van der Waals surface area contributed by atoms with Crippen molar-refractivity contribution in [3.05, 3.63) is 65.6 Å². The third-order valence-corrected chi connectivity index (χ3v) is 5.20. The molecule has 0 bridgehead atoms. The predicted molar refractivity (Wildman–Crippen MR) is 108 cm³/mol. The van der Waals surface area contributed by atoms with E-state index in [9.17, 15) is 9.18 Å². The van der Waals surface area contributed by atoms with E-state index in [1.165, 1.54) is 11.5 Å². The summed E-state index contributed by atoms with van der Waals surface area (Å²) in [6.45, 7) is 5.70. The summed E-state index contributed by atoms with van der Waals surface area (Å²) in [6, 6.07) is 15.0. The van der Waals surface area contributed by atoms with E-state index >= 15 is 0 Å². The van der Waals surface area contributed by atoms with E-state index in [0.29, 0.717) is 50.6 Å². The van der Waals surface area contributed by atoms with Gasteiger partial charge in [-0.25, -0.2) is 4.39 Å². The first-order chi connectivity index (χ1) is 13.6. The number of morpholine rings is 1. The first kappa shape index (κ1) is 18.5. The minimum absolute atomic E-state index is 0.262. The van der Waals surface area contributed by atoms with Crippen molar-refractivity contribution in [3.63, 3.8) is 0 Å². The molecular formula is C22H24FN3O2. The molecular weight excluding hydrogens is 357 g/mol. The molecule has 0 radical (unpaired) electrons. The number of para-hydroxylation sites is 1. The zero-order valence-electron chi connectivity index (χ0n) is 16.0. The van der Waals surface area contributed by atoms with Crippen LogP contribution in [-0.2, 0) is 11.3 Å². The molecule has 1 aromatic heterocycles. The number of carbonyl (C=O) groups excluding carboxylic acids is 1. The average molecular weight is 381 g/mol. The molecule has 1 fully saturated rings. The lowest BCUT2D eigenvalue weighted by atomic mass is 10.1. The summed E-state index contributed by atoms with van der Waals surface area (Å²) < 4.78 is 22.0. The van der Waals surface area contributed by atoms with Crippen LogP contribution in [0.4, 0.5) is 10.1 Å². The standard InChI is InChI=1S/C22H24FN3O2/c1-16-14-17-4-2-3-5-20(17)26(16)9-8-24-22(27)18-6-7-21(19(23)15-18)25-10-12-28-13-11-25/h2-7,14-15H,8-13H2,1H3,(H,24,27). The highest BCUT2D eigenvalue weighted by Gasteiger charge is 2.17. The number of rotatable bonds is 5. The molecule has 0 aliphatic carbocycles. The Kier molecular flexibility index (Phi) is 5.30. The minimum Gasteiger partial charge on any atom is -0.378 e. The van der Waals surface area contributed by atoms with E-state index in [2.05, 4.69) is 35.0 Å². The maximum Gasteiger partial charge on any atom is 0.251 e. The molecule has 1 aliphatic heterocycles. The van der Waals surface area contributed by atoms with Crippen molar-refractivity contribution in [2.24, 2.45) is 0 Å². The van der Waals surface area contributed by atoms with E-state index in [1.807, 2.05) is 17.0 Å². The van der Waals surface area contributed by atoms with Crippen LogP contribution in [0, 0.1) is 12.7 Å². The number of anilines is 1. The van der Waals surface area contributed by atoms with E-state index in [-0.39, 0.29) is 11.7 Å². The van der Waals surface area contributed by atoms with E-state index in [4.69, 9.17) is 4.74 Å². The number of ether oxygens (including phenoxy) is 1. The van der Waals surface area contributed by atoms with Gasteiger partial charge >= 0.3 is 0 Å². The summed E-state index contributed by atoms with van der Waals surface area (Å²) in [7, 11) is 0. The van der Waals surface area contributed by atoms with Gasteiger partial charge in [-0.2, -0.15) is 0 Å². The van der Waals surface area contributed by atoms with Crippen molar-refractivity contribution >= 4 is 22.5 Å². The molecule has 4 rings (SSSR count). The molecule has 1 amide bonds. The first-order valence-corrected chi connectivity index (χ1v) is 9.59. The number of halogens is 1. The number of hydrogen-bond acceptors (Lipinski definition) is 3. The number of amides is 1. The Morgan fingerprint density at radius 1 is 1.14 bits per heavy atom. The molecule has 28 heavy (non-hydrogen) atoms. The summed E-state index contributed by atoms with van der Waals surface area (Å²) in [6.07, 6.45) is 0. The summed E-state index contributed by atoms with van der Waals surface area (Å²) in [5, 5.41) is 4.08. The Balaban J connectivity index is 1.39. The quantitative estimate of drug-likeness (QED) is 0.737. The second-order valence-electron chi connectivity index (χ2n) is 7.02. The Morgan fingerprint density at radius 3 is 2.71 bits per heavy atom. The monoisotopic (exact) mass is 381 g/mol. The van der Waals surface area contributed by atoms with Crippen LogP contribution >= 0.6 is 0 Å². The molecule has 1 N–H and O–H groups in total. The summed E-state index contributed by atoms with van der Waals surface area (Å²) in [5.74, 6) is -0.636. The SMILES string of the molecule is Cc1cc2ccccc2n1CCNC(=O)c1ccc(N2CCOCC2)c(F)c1. The summed E-state index contributed by atoms with van der Waals surface area (Å²) >= 11 is 0. The van der Waals surface area contributed by atoms with Crippen LogP contribution in [0.5, 0.6) is 0 Å². The third kappa shape index (κ3) is 3.73. The lowest BCUT2D eigenvalue weighted by Gasteiger charge is -2.29. The molecule has 1 aliphatic rings. The van der Waals surface area contributed by atoms with Gasteiger partial charge in [-0.1, -0.05) is 18.2 Å². The molecule has 146 valence electrons. The Morgan fingerprint density at radius 2 is 1.93 bits per heavy atom. The number of fused-ring (bicyclic) bond motifs is 1. The maximum atomic E-state index is 14.5. The second-order valence-corrected chi connectivity index (χ2v) is 7.02. The highest BCUT2D eigenvalue weighted by atomic mass is 19.1. The van der Waals surface area contributed by atoms with Gasteiger partial charge in [-0.3, -0.25) is 4.79 Å². The molecule has 1 saturated heterocycles. The van der Waals surface area contributed by atoms with Gasteiger partial charge in [0.1, 0.15) is 5.82 Å². The highest BCUT2D eigenvalue weighted by molar-refractivity contribution is 5.94. The molecule has 2 aromatic carbocycles. The Bertz CT molecular complexity index is 993. The van der Waals surface area contributed by atoms with Gasteiger partial charge in [0.2, 0.25) is 0 Å². The predicted octanol–water partition coefficient (Wildman–Crippen LogP) is 3.36. The number of nitrogens with one attached hydrogen (secondary N) is 1. The lowest BCUT2D eigenvalue weighted by molar-refractivity contribution is 0.0951. The fraction of sp³-hybridized carbons (Fsp3) is 0.318. The van der Waals surface area contributed by atoms with Crippen LogP contribution < -0.4 is 10.2 Å². The maximum absolute atomic E-state index is 14.5. The summed E-state index contributed by atoms with van der Waals surface area (Å²) in [4.78, 5) is 14.4. The fourth-order valence-corrected chi connectivity index (χ4v) is 3.74. The van der Waals surface area contributed by atoms with Crippen molar-refractivity contribution in [1.29, 1.82) is 0 Å². The van der Waals surface area contributed by atoms with Crippen LogP contribution in [-0.4, -0.2) is 43.3 Å². The van der Waals surface area contributed by atoms with Crippen LogP contribution in [0.15, 0.2) is 48.5 Å². The van der Waals surface area contributed by atoms with Gasteiger partial charge in [0, 0.05) is 43.0 Å². The molecule has 3 aromatic rings. The zero-order chi connectivity index (χ0) is 19.5. The van der Waals surface area contributed by atoms with Crippen LogP contribution in [0.25, 0.3) is 10.9 Å². The Hall–Kier alpha value is -2.86.